The second kappa shape index (κ2) is 13.8. The molecule has 5 heteroatoms. The van der Waals surface area contributed by atoms with Gasteiger partial charge in [0.05, 0.1) is 10.8 Å². The van der Waals surface area contributed by atoms with Crippen molar-refractivity contribution in [3.05, 3.63) is 122 Å². The molecular weight excluding hydrogens is 518 g/mol. The molecule has 0 aliphatic heterocycles. The molecule has 220 valence electrons. The van der Waals surface area contributed by atoms with Gasteiger partial charge in [0.25, 0.3) is 0 Å². The van der Waals surface area contributed by atoms with Crippen molar-refractivity contribution in [3.63, 3.8) is 0 Å². The van der Waals surface area contributed by atoms with Gasteiger partial charge in [-0.25, -0.2) is 0 Å². The molecule has 0 saturated heterocycles. The number of carbonyl (C=O) groups is 2. The molecule has 0 saturated carbocycles. The van der Waals surface area contributed by atoms with Crippen molar-refractivity contribution in [2.75, 3.05) is 0 Å². The number of amides is 2. The van der Waals surface area contributed by atoms with E-state index in [-0.39, 0.29) is 28.6 Å². The summed E-state index contributed by atoms with van der Waals surface area (Å²) in [5.74, 6) is -0.900. The Hall–Kier alpha value is -3.99. The number of hydrogen-bond donors (Lipinski definition) is 3. The smallest absolute Gasteiger partial charge is 0.236 e. The Balaban J connectivity index is 1.38. The summed E-state index contributed by atoms with van der Waals surface area (Å²) in [6, 6.07) is 0. The molecule has 4 aliphatic rings. The highest BCUT2D eigenvalue weighted by atomic mass is 16.2. The SMILES string of the molecule is CC1(C(=O)NC(=N)NC(=O)C2(C)C=CC3(C=CC/C=C\C/C=C\C/C=C\3)C2)C=CC2(C=CC/C=C\C/C=C\C/C=C\2)C1. The molecule has 2 amide bonds. The predicted molar refractivity (Wildman–Crippen MR) is 173 cm³/mol. The van der Waals surface area contributed by atoms with Crippen LogP contribution in [0, 0.1) is 27.1 Å². The molecule has 4 atom stereocenters. The average Bonchev–Trinajstić information content (AvgIpc) is 3.47. The molecule has 0 bridgehead atoms. The zero-order valence-corrected chi connectivity index (χ0v) is 25.0. The van der Waals surface area contributed by atoms with Crippen LogP contribution in [0.4, 0.5) is 0 Å². The average molecular weight is 564 g/mol. The van der Waals surface area contributed by atoms with Crippen LogP contribution in [-0.2, 0) is 9.59 Å². The van der Waals surface area contributed by atoms with E-state index >= 15 is 0 Å². The van der Waals surface area contributed by atoms with E-state index in [2.05, 4.69) is 120 Å². The Morgan fingerprint density at radius 1 is 0.476 bits per heavy atom. The van der Waals surface area contributed by atoms with Crippen molar-refractivity contribution < 1.29 is 9.59 Å². The normalized spacial score (nSPS) is 37.0. The van der Waals surface area contributed by atoms with E-state index in [1.807, 2.05) is 26.0 Å². The largest absolute Gasteiger partial charge is 0.296 e. The summed E-state index contributed by atoms with van der Waals surface area (Å²) in [4.78, 5) is 26.8. The molecule has 0 fully saturated rings. The molecule has 5 nitrogen and oxygen atoms in total. The zero-order valence-electron chi connectivity index (χ0n) is 25.0. The Kier molecular flexibility index (Phi) is 10.2. The van der Waals surface area contributed by atoms with Gasteiger partial charge >= 0.3 is 0 Å². The van der Waals surface area contributed by atoms with Crippen LogP contribution in [0.5, 0.6) is 0 Å². The summed E-state index contributed by atoms with van der Waals surface area (Å²) < 4.78 is 0. The molecule has 4 rings (SSSR count). The van der Waals surface area contributed by atoms with Gasteiger partial charge in [0.1, 0.15) is 0 Å². The lowest BCUT2D eigenvalue weighted by molar-refractivity contribution is -0.127. The van der Waals surface area contributed by atoms with E-state index in [0.29, 0.717) is 12.8 Å². The van der Waals surface area contributed by atoms with Crippen molar-refractivity contribution in [2.45, 2.75) is 65.2 Å². The fourth-order valence-corrected chi connectivity index (χ4v) is 6.00. The van der Waals surface area contributed by atoms with Gasteiger partial charge in [0.2, 0.25) is 17.8 Å². The summed E-state index contributed by atoms with van der Waals surface area (Å²) in [7, 11) is 0. The van der Waals surface area contributed by atoms with Gasteiger partial charge in [0.15, 0.2) is 0 Å². The zero-order chi connectivity index (χ0) is 29.9. The minimum atomic E-state index is -0.818. The number of carbonyl (C=O) groups excluding carboxylic acids is 2. The summed E-state index contributed by atoms with van der Waals surface area (Å²) in [6.45, 7) is 3.77. The van der Waals surface area contributed by atoms with Crippen LogP contribution in [0.25, 0.3) is 0 Å². The Bertz CT molecular complexity index is 1180. The molecule has 0 aromatic heterocycles. The molecule has 0 radical (unpaired) electrons. The first-order chi connectivity index (χ1) is 20.2. The lowest BCUT2D eigenvalue weighted by Gasteiger charge is -2.29. The highest BCUT2D eigenvalue weighted by Crippen LogP contribution is 2.47. The fourth-order valence-electron chi connectivity index (χ4n) is 6.00. The minimum Gasteiger partial charge on any atom is -0.296 e. The number of allylic oxidation sites excluding steroid dienone is 18. The summed E-state index contributed by atoms with van der Waals surface area (Å²) in [5, 5.41) is 13.8. The van der Waals surface area contributed by atoms with Crippen LogP contribution in [0.3, 0.4) is 0 Å². The molecule has 4 unspecified atom stereocenters. The maximum Gasteiger partial charge on any atom is 0.236 e. The van der Waals surface area contributed by atoms with Crippen LogP contribution < -0.4 is 10.6 Å². The molecule has 0 aromatic rings. The van der Waals surface area contributed by atoms with E-state index < -0.39 is 10.8 Å². The monoisotopic (exact) mass is 563 g/mol. The predicted octanol–water partition coefficient (Wildman–Crippen LogP) is 7.88. The first kappa shape index (κ1) is 31.0. The van der Waals surface area contributed by atoms with Crippen molar-refractivity contribution in [2.24, 2.45) is 21.7 Å². The van der Waals surface area contributed by atoms with Gasteiger partial charge in [0, 0.05) is 10.8 Å². The van der Waals surface area contributed by atoms with E-state index in [1.54, 1.807) is 0 Å². The summed E-state index contributed by atoms with van der Waals surface area (Å²) in [6.07, 6.45) is 48.9. The lowest BCUT2D eigenvalue weighted by atomic mass is 9.77. The molecule has 0 heterocycles. The Labute approximate surface area is 251 Å². The van der Waals surface area contributed by atoms with E-state index in [0.717, 1.165) is 38.5 Å². The van der Waals surface area contributed by atoms with Crippen molar-refractivity contribution in [1.82, 2.24) is 10.6 Å². The standard InChI is InChI=1S/C37H45N3O2/c1-34(25-27-36(29-34)21-17-13-9-5-3-6-10-14-18-22-36)31(41)39-33(38)40-32(42)35(2)26-28-37(30-35)23-19-15-11-7-4-8-12-16-20-24-37/h5-12,17-28H,3-4,13-16,29-30H2,1-2H3,(H3,38,39,40,41,42)/b9-5-,10-6-,11-7-,12-8-,21-17-,22-18?,23-19-,24-20?. The Morgan fingerprint density at radius 2 is 0.762 bits per heavy atom. The fraction of sp³-hybridized carbons (Fsp3) is 0.378. The van der Waals surface area contributed by atoms with Crippen molar-refractivity contribution >= 4 is 17.8 Å². The van der Waals surface area contributed by atoms with Gasteiger partial charge in [-0.1, -0.05) is 122 Å². The lowest BCUT2D eigenvalue weighted by Crippen LogP contribution is -2.51. The molecule has 3 N–H and O–H groups in total. The number of nitrogens with one attached hydrogen (secondary N) is 3. The first-order valence-corrected chi connectivity index (χ1v) is 15.1. The number of hydrogen-bond acceptors (Lipinski definition) is 3. The third-order valence-electron chi connectivity index (χ3n) is 8.40. The second-order valence-corrected chi connectivity index (χ2v) is 12.3. The molecular formula is C37H45N3O2. The van der Waals surface area contributed by atoms with Gasteiger partial charge in [-0.15, -0.1) is 0 Å². The van der Waals surface area contributed by atoms with Crippen LogP contribution in [0.15, 0.2) is 122 Å². The maximum atomic E-state index is 13.4. The highest BCUT2D eigenvalue weighted by Gasteiger charge is 2.45. The van der Waals surface area contributed by atoms with E-state index in [4.69, 9.17) is 5.41 Å². The molecule has 0 aromatic carbocycles. The Morgan fingerprint density at radius 3 is 1.07 bits per heavy atom. The van der Waals surface area contributed by atoms with Crippen LogP contribution in [0.2, 0.25) is 0 Å². The summed E-state index contributed by atoms with van der Waals surface area (Å²) >= 11 is 0. The molecule has 42 heavy (non-hydrogen) atoms. The number of rotatable bonds is 2. The van der Waals surface area contributed by atoms with E-state index in [1.165, 1.54) is 0 Å². The van der Waals surface area contributed by atoms with Gasteiger partial charge in [-0.05, 0) is 65.2 Å². The highest BCUT2D eigenvalue weighted by molar-refractivity contribution is 6.06. The van der Waals surface area contributed by atoms with Gasteiger partial charge in [-0.2, -0.15) is 0 Å². The minimum absolute atomic E-state index is 0.295. The van der Waals surface area contributed by atoms with Gasteiger partial charge < -0.3 is 0 Å². The van der Waals surface area contributed by atoms with Crippen LogP contribution in [-0.4, -0.2) is 17.8 Å². The topological polar surface area (TPSA) is 82.1 Å². The van der Waals surface area contributed by atoms with Crippen LogP contribution >= 0.6 is 0 Å². The second-order valence-electron chi connectivity index (χ2n) is 12.3. The third-order valence-corrected chi connectivity index (χ3v) is 8.40. The van der Waals surface area contributed by atoms with Crippen LogP contribution in [0.1, 0.15) is 65.2 Å². The molecule has 2 spiro atoms. The number of guanidine groups is 1. The third kappa shape index (κ3) is 8.06. The van der Waals surface area contributed by atoms with E-state index in [9.17, 15) is 9.59 Å². The maximum absolute atomic E-state index is 13.4. The van der Waals surface area contributed by atoms with Crippen molar-refractivity contribution in [1.29, 1.82) is 5.41 Å². The molecule has 4 aliphatic carbocycles. The van der Waals surface area contributed by atoms with Crippen molar-refractivity contribution in [3.8, 4) is 0 Å². The van der Waals surface area contributed by atoms with Gasteiger partial charge in [-0.3, -0.25) is 25.6 Å². The first-order valence-electron chi connectivity index (χ1n) is 15.1. The summed E-state index contributed by atoms with van der Waals surface area (Å²) in [5.41, 5.74) is -2.37. The quantitative estimate of drug-likeness (QED) is 0.181.